The Labute approximate surface area is 145 Å². The summed E-state index contributed by atoms with van der Waals surface area (Å²) in [5.74, 6) is 1.27. The van der Waals surface area contributed by atoms with E-state index in [0.717, 1.165) is 5.76 Å². The Morgan fingerprint density at radius 2 is 2.17 bits per heavy atom. The minimum absolute atomic E-state index is 0.0308. The number of nitrogens with zero attached hydrogens (tertiary/aromatic N) is 2. The molecule has 118 valence electrons. The van der Waals surface area contributed by atoms with Gasteiger partial charge >= 0.3 is 0 Å². The molecule has 1 aromatic carbocycles. The van der Waals surface area contributed by atoms with E-state index in [1.165, 1.54) is 12.1 Å². The second kappa shape index (κ2) is 6.97. The molecule has 0 atom stereocenters. The van der Waals surface area contributed by atoms with Gasteiger partial charge in [0.15, 0.2) is 0 Å². The van der Waals surface area contributed by atoms with Crippen molar-refractivity contribution in [1.82, 2.24) is 9.97 Å². The molecule has 0 fully saturated rings. The van der Waals surface area contributed by atoms with E-state index < -0.39 is 5.82 Å². The first-order valence-electron chi connectivity index (χ1n) is 6.62. The van der Waals surface area contributed by atoms with E-state index >= 15 is 0 Å². The monoisotopic (exact) mass is 396 g/mol. The van der Waals surface area contributed by atoms with Gasteiger partial charge in [-0.1, -0.05) is 11.6 Å². The molecule has 8 heteroatoms. The Hall–Kier alpha value is -2.12. The lowest BCUT2D eigenvalue weighted by Gasteiger charge is -2.10. The predicted molar refractivity (Wildman–Crippen MR) is 90.5 cm³/mol. The predicted octanol–water partition coefficient (Wildman–Crippen LogP) is 4.98. The molecule has 0 aliphatic heterocycles. The molecule has 2 aromatic heterocycles. The fourth-order valence-electron chi connectivity index (χ4n) is 1.84. The van der Waals surface area contributed by atoms with Crippen LogP contribution in [0.15, 0.2) is 51.7 Å². The molecule has 5 nitrogen and oxygen atoms in total. The Balaban J connectivity index is 1.75. The van der Waals surface area contributed by atoms with Crippen molar-refractivity contribution in [3.63, 3.8) is 0 Å². The summed E-state index contributed by atoms with van der Waals surface area (Å²) < 4.78 is 19.1. The van der Waals surface area contributed by atoms with Gasteiger partial charge in [-0.15, -0.1) is 0 Å². The first kappa shape index (κ1) is 15.8. The van der Waals surface area contributed by atoms with Gasteiger partial charge in [-0.25, -0.2) is 9.37 Å². The smallest absolute Gasteiger partial charge is 0.229 e. The maximum atomic E-state index is 13.2. The largest absolute Gasteiger partial charge is 0.467 e. The van der Waals surface area contributed by atoms with Crippen LogP contribution < -0.4 is 10.6 Å². The van der Waals surface area contributed by atoms with Crippen LogP contribution in [0.2, 0.25) is 5.02 Å². The Morgan fingerprint density at radius 3 is 2.91 bits per heavy atom. The molecule has 3 rings (SSSR count). The van der Waals surface area contributed by atoms with Crippen LogP contribution in [0.3, 0.4) is 0 Å². The van der Waals surface area contributed by atoms with Crippen molar-refractivity contribution in [3.05, 3.63) is 63.9 Å². The number of furan rings is 1. The van der Waals surface area contributed by atoms with E-state index in [1.54, 1.807) is 18.5 Å². The number of anilines is 3. The fraction of sp³-hybridized carbons (Fsp3) is 0.0667. The van der Waals surface area contributed by atoms with Crippen molar-refractivity contribution >= 4 is 45.0 Å². The number of halogens is 3. The molecule has 3 aromatic rings. The lowest BCUT2D eigenvalue weighted by Crippen LogP contribution is -2.05. The summed E-state index contributed by atoms with van der Waals surface area (Å²) in [6, 6.07) is 7.99. The van der Waals surface area contributed by atoms with Gasteiger partial charge in [0.05, 0.1) is 22.3 Å². The molecule has 0 radical (unpaired) electrons. The average molecular weight is 398 g/mol. The number of nitrogens with one attached hydrogen (secondary N) is 2. The van der Waals surface area contributed by atoms with Gasteiger partial charge in [-0.05, 0) is 46.3 Å². The molecule has 0 bridgehead atoms. The van der Waals surface area contributed by atoms with Gasteiger partial charge in [-0.2, -0.15) is 4.98 Å². The van der Waals surface area contributed by atoms with Gasteiger partial charge < -0.3 is 15.1 Å². The second-order valence-corrected chi connectivity index (χ2v) is 5.84. The number of aromatic nitrogens is 2. The van der Waals surface area contributed by atoms with Crippen molar-refractivity contribution in [1.29, 1.82) is 0 Å². The number of hydrogen-bond acceptors (Lipinski definition) is 5. The summed E-state index contributed by atoms with van der Waals surface area (Å²) in [5, 5.41) is 6.15. The molecule has 2 heterocycles. The minimum Gasteiger partial charge on any atom is -0.467 e. The standard InChI is InChI=1S/C15H11BrClFN4O/c16-11-8-20-15(21-9-3-4-13(18)12(17)6-9)22-14(11)19-7-10-2-1-5-23-10/h1-6,8H,7H2,(H2,19,20,21,22). The molecule has 0 aliphatic carbocycles. The lowest BCUT2D eigenvalue weighted by atomic mass is 10.3. The van der Waals surface area contributed by atoms with Crippen molar-refractivity contribution in [2.45, 2.75) is 6.54 Å². The Morgan fingerprint density at radius 1 is 1.30 bits per heavy atom. The van der Waals surface area contributed by atoms with Crippen molar-refractivity contribution in [3.8, 4) is 0 Å². The third kappa shape index (κ3) is 4.00. The first-order valence-corrected chi connectivity index (χ1v) is 7.80. The minimum atomic E-state index is -0.477. The first-order chi connectivity index (χ1) is 11.1. The summed E-state index contributed by atoms with van der Waals surface area (Å²) in [7, 11) is 0. The van der Waals surface area contributed by atoms with E-state index in [-0.39, 0.29) is 5.02 Å². The summed E-state index contributed by atoms with van der Waals surface area (Å²) in [4.78, 5) is 8.52. The molecule has 23 heavy (non-hydrogen) atoms. The highest BCUT2D eigenvalue weighted by Gasteiger charge is 2.07. The normalized spacial score (nSPS) is 10.6. The third-order valence-electron chi connectivity index (χ3n) is 2.93. The quantitative estimate of drug-likeness (QED) is 0.636. The van der Waals surface area contributed by atoms with E-state index in [2.05, 4.69) is 36.5 Å². The number of hydrogen-bond donors (Lipinski definition) is 2. The second-order valence-electron chi connectivity index (χ2n) is 4.58. The zero-order valence-electron chi connectivity index (χ0n) is 11.7. The zero-order chi connectivity index (χ0) is 16.2. The summed E-state index contributed by atoms with van der Waals surface area (Å²) in [6.45, 7) is 0.491. The van der Waals surface area contributed by atoms with Crippen LogP contribution in [0, 0.1) is 5.82 Å². The highest BCUT2D eigenvalue weighted by Crippen LogP contribution is 2.24. The van der Waals surface area contributed by atoms with Gasteiger partial charge in [-0.3, -0.25) is 0 Å². The SMILES string of the molecule is Fc1ccc(Nc2ncc(Br)c(NCc3ccco3)n2)cc1Cl. The molecular formula is C15H11BrClFN4O. The van der Waals surface area contributed by atoms with E-state index in [1.807, 2.05) is 12.1 Å². The third-order valence-corrected chi connectivity index (χ3v) is 3.80. The summed E-state index contributed by atoms with van der Waals surface area (Å²) in [5.41, 5.74) is 0.593. The van der Waals surface area contributed by atoms with Crippen LogP contribution in [0.4, 0.5) is 21.8 Å². The van der Waals surface area contributed by atoms with Crippen molar-refractivity contribution in [2.24, 2.45) is 0 Å². The van der Waals surface area contributed by atoms with Crippen LogP contribution in [-0.2, 0) is 6.54 Å². The van der Waals surface area contributed by atoms with E-state index in [9.17, 15) is 4.39 Å². The average Bonchev–Trinajstić information content (AvgIpc) is 3.05. The molecule has 0 aliphatic rings. The summed E-state index contributed by atoms with van der Waals surface area (Å²) >= 11 is 9.14. The molecule has 0 spiro atoms. The number of rotatable bonds is 5. The van der Waals surface area contributed by atoms with Gasteiger partial charge in [0.25, 0.3) is 0 Å². The Bertz CT molecular complexity index is 813. The van der Waals surface area contributed by atoms with E-state index in [0.29, 0.717) is 28.5 Å². The van der Waals surface area contributed by atoms with Crippen LogP contribution in [0.5, 0.6) is 0 Å². The molecule has 0 unspecified atom stereocenters. The van der Waals surface area contributed by atoms with Crippen LogP contribution in [0.1, 0.15) is 5.76 Å². The lowest BCUT2D eigenvalue weighted by molar-refractivity contribution is 0.517. The fourth-order valence-corrected chi connectivity index (χ4v) is 2.35. The van der Waals surface area contributed by atoms with Crippen LogP contribution in [-0.4, -0.2) is 9.97 Å². The maximum Gasteiger partial charge on any atom is 0.229 e. The number of benzene rings is 1. The van der Waals surface area contributed by atoms with Gasteiger partial charge in [0.1, 0.15) is 17.4 Å². The van der Waals surface area contributed by atoms with Gasteiger partial charge in [0, 0.05) is 11.9 Å². The van der Waals surface area contributed by atoms with Crippen LogP contribution >= 0.6 is 27.5 Å². The highest BCUT2D eigenvalue weighted by molar-refractivity contribution is 9.10. The topological polar surface area (TPSA) is 63.0 Å². The highest BCUT2D eigenvalue weighted by atomic mass is 79.9. The molecule has 0 saturated heterocycles. The summed E-state index contributed by atoms with van der Waals surface area (Å²) in [6.07, 6.45) is 3.22. The van der Waals surface area contributed by atoms with E-state index in [4.69, 9.17) is 16.0 Å². The van der Waals surface area contributed by atoms with Crippen molar-refractivity contribution in [2.75, 3.05) is 10.6 Å². The zero-order valence-corrected chi connectivity index (χ0v) is 14.0. The molecule has 2 N–H and O–H groups in total. The molecule has 0 saturated carbocycles. The van der Waals surface area contributed by atoms with Crippen molar-refractivity contribution < 1.29 is 8.81 Å². The maximum absolute atomic E-state index is 13.2. The Kier molecular flexibility index (Phi) is 4.78. The molecular weight excluding hydrogens is 387 g/mol. The van der Waals surface area contributed by atoms with Crippen LogP contribution in [0.25, 0.3) is 0 Å². The molecule has 0 amide bonds. The van der Waals surface area contributed by atoms with Gasteiger partial charge in [0.2, 0.25) is 5.95 Å².